The van der Waals surface area contributed by atoms with Crippen LogP contribution >= 0.6 is 0 Å². The maximum Gasteiger partial charge on any atom is 0.109 e. The second kappa shape index (κ2) is 5.57. The minimum atomic E-state index is 0.400. The zero-order chi connectivity index (χ0) is 14.0. The van der Waals surface area contributed by atoms with Crippen molar-refractivity contribution in [3.63, 3.8) is 0 Å². The maximum atomic E-state index is 5.70. The third kappa shape index (κ3) is 2.87. The number of H-pyrrole nitrogens is 1. The average Bonchev–Trinajstić information content (AvgIpc) is 2.77. The molecule has 0 saturated carbocycles. The van der Waals surface area contributed by atoms with E-state index in [1.165, 1.54) is 16.7 Å². The molecule has 3 N–H and O–H groups in total. The highest BCUT2D eigenvalue weighted by molar-refractivity contribution is 5.64. The Labute approximate surface area is 115 Å². The molecular weight excluding hydrogens is 234 g/mol. The topological polar surface area (TPSA) is 54.7 Å². The largest absolute Gasteiger partial charge is 0.345 e. The molecule has 0 atom stereocenters. The van der Waals surface area contributed by atoms with Crippen LogP contribution in [0, 0.1) is 13.8 Å². The second-order valence-corrected chi connectivity index (χ2v) is 5.44. The van der Waals surface area contributed by atoms with Crippen LogP contribution in [-0.4, -0.2) is 16.5 Å². The van der Waals surface area contributed by atoms with Crippen LogP contribution in [0.2, 0.25) is 0 Å². The monoisotopic (exact) mass is 257 g/mol. The number of nitrogens with one attached hydrogen (secondary N) is 1. The van der Waals surface area contributed by atoms with E-state index < -0.39 is 0 Å². The molecule has 1 aromatic heterocycles. The lowest BCUT2D eigenvalue weighted by molar-refractivity contribution is 0.786. The Bertz CT molecular complexity index is 567. The van der Waals surface area contributed by atoms with Gasteiger partial charge in [-0.25, -0.2) is 4.98 Å². The Hall–Kier alpha value is -1.61. The smallest absolute Gasteiger partial charge is 0.109 e. The van der Waals surface area contributed by atoms with Crippen LogP contribution in [0.1, 0.15) is 42.4 Å². The van der Waals surface area contributed by atoms with E-state index in [0.29, 0.717) is 12.5 Å². The van der Waals surface area contributed by atoms with E-state index in [4.69, 9.17) is 10.7 Å². The van der Waals surface area contributed by atoms with Gasteiger partial charge in [0.2, 0.25) is 0 Å². The summed E-state index contributed by atoms with van der Waals surface area (Å²) in [5.41, 5.74) is 11.7. The van der Waals surface area contributed by atoms with Crippen LogP contribution in [-0.2, 0) is 6.42 Å². The van der Waals surface area contributed by atoms with Crippen molar-refractivity contribution in [2.45, 2.75) is 40.0 Å². The van der Waals surface area contributed by atoms with E-state index in [0.717, 1.165) is 23.6 Å². The predicted molar refractivity (Wildman–Crippen MR) is 80.3 cm³/mol. The summed E-state index contributed by atoms with van der Waals surface area (Å²) in [7, 11) is 0. The van der Waals surface area contributed by atoms with Gasteiger partial charge in [-0.05, 0) is 37.6 Å². The number of hydrogen-bond donors (Lipinski definition) is 2. The summed E-state index contributed by atoms with van der Waals surface area (Å²) in [6.45, 7) is 9.20. The highest BCUT2D eigenvalue weighted by atomic mass is 14.9. The summed E-state index contributed by atoms with van der Waals surface area (Å²) in [4.78, 5) is 8.18. The molecule has 19 heavy (non-hydrogen) atoms. The van der Waals surface area contributed by atoms with E-state index >= 15 is 0 Å². The first-order valence-electron chi connectivity index (χ1n) is 6.89. The minimum absolute atomic E-state index is 0.400. The Kier molecular flexibility index (Phi) is 4.05. The number of hydrogen-bond acceptors (Lipinski definition) is 2. The van der Waals surface area contributed by atoms with Gasteiger partial charge in [-0.1, -0.05) is 26.0 Å². The molecule has 0 unspecified atom stereocenters. The van der Waals surface area contributed by atoms with Crippen LogP contribution in [0.3, 0.4) is 0 Å². The van der Waals surface area contributed by atoms with Crippen molar-refractivity contribution in [2.24, 2.45) is 5.73 Å². The molecule has 3 nitrogen and oxygen atoms in total. The lowest BCUT2D eigenvalue weighted by Crippen LogP contribution is -2.04. The Balaban J connectivity index is 2.49. The van der Waals surface area contributed by atoms with Crippen molar-refractivity contribution in [2.75, 3.05) is 6.54 Å². The molecule has 0 aliphatic heterocycles. The number of aromatic amines is 1. The number of aryl methyl sites for hydroxylation is 2. The van der Waals surface area contributed by atoms with E-state index in [-0.39, 0.29) is 0 Å². The molecule has 0 fully saturated rings. The fourth-order valence-corrected chi connectivity index (χ4v) is 2.16. The molecular formula is C16H23N3. The standard InChI is InChI=1S/C16H23N3/c1-10(2)16-18-14(7-8-17)15(19-16)13-6-5-11(3)12(4)9-13/h5-6,9-10H,7-8,17H2,1-4H3,(H,18,19). The fraction of sp³-hybridized carbons (Fsp3) is 0.438. The highest BCUT2D eigenvalue weighted by Gasteiger charge is 2.14. The molecule has 0 spiro atoms. The van der Waals surface area contributed by atoms with Gasteiger partial charge < -0.3 is 10.7 Å². The van der Waals surface area contributed by atoms with Gasteiger partial charge >= 0.3 is 0 Å². The number of rotatable bonds is 4. The summed E-state index contributed by atoms with van der Waals surface area (Å²) >= 11 is 0. The number of aromatic nitrogens is 2. The quantitative estimate of drug-likeness (QED) is 0.882. The molecule has 0 aliphatic carbocycles. The van der Waals surface area contributed by atoms with Gasteiger partial charge in [0, 0.05) is 23.6 Å². The molecule has 3 heteroatoms. The van der Waals surface area contributed by atoms with Gasteiger partial charge in [0.1, 0.15) is 5.82 Å². The van der Waals surface area contributed by atoms with Crippen LogP contribution in [0.5, 0.6) is 0 Å². The lowest BCUT2D eigenvalue weighted by Gasteiger charge is -2.05. The van der Waals surface area contributed by atoms with Crippen LogP contribution in [0.4, 0.5) is 0 Å². The van der Waals surface area contributed by atoms with Crippen LogP contribution in [0.15, 0.2) is 18.2 Å². The first kappa shape index (κ1) is 13.8. The Morgan fingerprint density at radius 3 is 2.53 bits per heavy atom. The van der Waals surface area contributed by atoms with Gasteiger partial charge in [-0.15, -0.1) is 0 Å². The number of imidazole rings is 1. The summed E-state index contributed by atoms with van der Waals surface area (Å²) in [6, 6.07) is 6.50. The van der Waals surface area contributed by atoms with Crippen molar-refractivity contribution in [1.29, 1.82) is 0 Å². The van der Waals surface area contributed by atoms with Gasteiger partial charge in [-0.3, -0.25) is 0 Å². The van der Waals surface area contributed by atoms with E-state index in [9.17, 15) is 0 Å². The fourth-order valence-electron chi connectivity index (χ4n) is 2.16. The number of benzene rings is 1. The van der Waals surface area contributed by atoms with Gasteiger partial charge in [-0.2, -0.15) is 0 Å². The predicted octanol–water partition coefficient (Wildman–Crippen LogP) is 3.32. The minimum Gasteiger partial charge on any atom is -0.345 e. The first-order valence-corrected chi connectivity index (χ1v) is 6.89. The van der Waals surface area contributed by atoms with E-state index in [1.54, 1.807) is 0 Å². The zero-order valence-corrected chi connectivity index (χ0v) is 12.2. The third-order valence-corrected chi connectivity index (χ3v) is 3.52. The number of nitrogens with two attached hydrogens (primary N) is 1. The van der Waals surface area contributed by atoms with Crippen LogP contribution < -0.4 is 5.73 Å². The summed E-state index contributed by atoms with van der Waals surface area (Å²) in [6.07, 6.45) is 0.835. The van der Waals surface area contributed by atoms with E-state index in [1.807, 2.05) is 0 Å². The Morgan fingerprint density at radius 1 is 1.21 bits per heavy atom. The molecule has 102 valence electrons. The van der Waals surface area contributed by atoms with Gasteiger partial charge in [0.25, 0.3) is 0 Å². The molecule has 2 rings (SSSR count). The molecule has 2 aromatic rings. The normalized spacial score (nSPS) is 11.3. The summed E-state index contributed by atoms with van der Waals surface area (Å²) < 4.78 is 0. The van der Waals surface area contributed by atoms with Crippen molar-refractivity contribution in [1.82, 2.24) is 9.97 Å². The van der Waals surface area contributed by atoms with Crippen molar-refractivity contribution >= 4 is 0 Å². The number of nitrogens with zero attached hydrogens (tertiary/aromatic N) is 1. The lowest BCUT2D eigenvalue weighted by atomic mass is 10.0. The van der Waals surface area contributed by atoms with E-state index in [2.05, 4.69) is 50.9 Å². The summed E-state index contributed by atoms with van der Waals surface area (Å²) in [5, 5.41) is 0. The highest BCUT2D eigenvalue weighted by Crippen LogP contribution is 2.26. The molecule has 1 aromatic carbocycles. The van der Waals surface area contributed by atoms with Crippen molar-refractivity contribution in [3.8, 4) is 11.3 Å². The average molecular weight is 257 g/mol. The zero-order valence-electron chi connectivity index (χ0n) is 12.2. The van der Waals surface area contributed by atoms with Crippen molar-refractivity contribution < 1.29 is 0 Å². The molecule has 1 heterocycles. The first-order chi connectivity index (χ1) is 9.02. The Morgan fingerprint density at radius 2 is 1.95 bits per heavy atom. The molecule has 0 radical (unpaired) electrons. The molecule has 0 aliphatic rings. The second-order valence-electron chi connectivity index (χ2n) is 5.44. The van der Waals surface area contributed by atoms with Crippen molar-refractivity contribution in [3.05, 3.63) is 40.8 Å². The molecule has 0 amide bonds. The molecule has 0 bridgehead atoms. The maximum absolute atomic E-state index is 5.70. The molecule has 0 saturated heterocycles. The third-order valence-electron chi connectivity index (χ3n) is 3.52. The van der Waals surface area contributed by atoms with Crippen LogP contribution in [0.25, 0.3) is 11.3 Å². The summed E-state index contributed by atoms with van der Waals surface area (Å²) in [5.74, 6) is 1.44. The van der Waals surface area contributed by atoms with Gasteiger partial charge in [0.05, 0.1) is 5.69 Å². The SMILES string of the molecule is Cc1ccc(-c2nc(C(C)C)[nH]c2CCN)cc1C. The van der Waals surface area contributed by atoms with Gasteiger partial charge in [0.15, 0.2) is 0 Å².